The van der Waals surface area contributed by atoms with Crippen LogP contribution < -0.4 is 10.5 Å². The maximum atomic E-state index is 13.3. The summed E-state index contributed by atoms with van der Waals surface area (Å²) in [7, 11) is 1.69. The number of benzene rings is 1. The van der Waals surface area contributed by atoms with Crippen LogP contribution in [0.3, 0.4) is 0 Å². The number of hydrogen-bond donors (Lipinski definition) is 1. The van der Waals surface area contributed by atoms with Crippen molar-refractivity contribution in [2.24, 2.45) is 5.73 Å². The summed E-state index contributed by atoms with van der Waals surface area (Å²) in [6, 6.07) is 4.64. The molecule has 0 aliphatic carbocycles. The number of aryl methyl sites for hydroxylation is 1. The van der Waals surface area contributed by atoms with Crippen molar-refractivity contribution in [3.8, 4) is 5.75 Å². The van der Waals surface area contributed by atoms with E-state index >= 15 is 0 Å². The number of carbonyl (C=O) groups is 1. The van der Waals surface area contributed by atoms with Crippen molar-refractivity contribution in [2.75, 3.05) is 20.2 Å². The molecule has 0 aromatic heterocycles. The summed E-state index contributed by atoms with van der Waals surface area (Å²) in [5, 5.41) is 0. The van der Waals surface area contributed by atoms with Crippen molar-refractivity contribution >= 4 is 23.1 Å². The number of thiocarbonyl (C=S) groups is 1. The van der Waals surface area contributed by atoms with E-state index in [9.17, 15) is 9.18 Å². The van der Waals surface area contributed by atoms with Gasteiger partial charge < -0.3 is 15.4 Å². The molecule has 0 bridgehead atoms. The molecular weight excluding hydrogens is 279 g/mol. The largest absolute Gasteiger partial charge is 0.493 e. The van der Waals surface area contributed by atoms with Crippen LogP contribution in [0.25, 0.3) is 0 Å². The Kier molecular flexibility index (Phi) is 6.38. The van der Waals surface area contributed by atoms with Crippen molar-refractivity contribution in [2.45, 2.75) is 19.8 Å². The molecule has 0 aliphatic rings. The van der Waals surface area contributed by atoms with E-state index in [0.717, 1.165) is 0 Å². The number of nitrogens with zero attached hydrogens (tertiary/aromatic N) is 1. The summed E-state index contributed by atoms with van der Waals surface area (Å²) in [5.41, 5.74) is 5.94. The molecule has 1 rings (SSSR count). The minimum Gasteiger partial charge on any atom is -0.493 e. The van der Waals surface area contributed by atoms with E-state index in [-0.39, 0.29) is 24.8 Å². The van der Waals surface area contributed by atoms with Gasteiger partial charge in [0.05, 0.1) is 18.0 Å². The molecule has 0 radical (unpaired) electrons. The minimum atomic E-state index is -0.317. The van der Waals surface area contributed by atoms with Gasteiger partial charge in [-0.2, -0.15) is 0 Å². The zero-order valence-electron chi connectivity index (χ0n) is 11.7. The van der Waals surface area contributed by atoms with E-state index < -0.39 is 0 Å². The first kappa shape index (κ1) is 16.4. The Bertz CT molecular complexity index is 494. The van der Waals surface area contributed by atoms with Gasteiger partial charge in [0.15, 0.2) is 0 Å². The molecule has 0 atom stereocenters. The lowest BCUT2D eigenvalue weighted by atomic mass is 10.2. The molecule has 0 saturated carbocycles. The minimum absolute atomic E-state index is 0.0613. The lowest BCUT2D eigenvalue weighted by Crippen LogP contribution is -2.30. The number of amides is 1. The molecule has 1 aromatic carbocycles. The van der Waals surface area contributed by atoms with Gasteiger partial charge in [0, 0.05) is 26.1 Å². The maximum Gasteiger partial charge on any atom is 0.225 e. The molecule has 0 unspecified atom stereocenters. The lowest BCUT2D eigenvalue weighted by Gasteiger charge is -2.16. The Morgan fingerprint density at radius 3 is 2.75 bits per heavy atom. The fraction of sp³-hybridized carbons (Fsp3) is 0.429. The monoisotopic (exact) mass is 298 g/mol. The highest BCUT2D eigenvalue weighted by molar-refractivity contribution is 7.80. The summed E-state index contributed by atoms with van der Waals surface area (Å²) in [5.74, 6) is 0.0444. The highest BCUT2D eigenvalue weighted by Crippen LogP contribution is 2.15. The van der Waals surface area contributed by atoms with E-state index in [1.165, 1.54) is 6.07 Å². The molecule has 0 saturated heterocycles. The van der Waals surface area contributed by atoms with Gasteiger partial charge in [0.25, 0.3) is 0 Å². The van der Waals surface area contributed by atoms with Crippen LogP contribution in [-0.2, 0) is 4.79 Å². The molecule has 1 aromatic rings. The summed E-state index contributed by atoms with van der Waals surface area (Å²) in [6.07, 6.45) is 0.727. The van der Waals surface area contributed by atoms with Crippen molar-refractivity contribution in [3.05, 3.63) is 29.6 Å². The topological polar surface area (TPSA) is 55.6 Å². The highest BCUT2D eigenvalue weighted by Gasteiger charge is 2.09. The van der Waals surface area contributed by atoms with Crippen LogP contribution in [0.1, 0.15) is 18.4 Å². The summed E-state index contributed by atoms with van der Waals surface area (Å²) < 4.78 is 18.6. The molecule has 0 spiro atoms. The van der Waals surface area contributed by atoms with Gasteiger partial charge >= 0.3 is 0 Å². The Hall–Kier alpha value is -1.69. The van der Waals surface area contributed by atoms with Crippen LogP contribution in [0.15, 0.2) is 18.2 Å². The van der Waals surface area contributed by atoms with Gasteiger partial charge in [-0.25, -0.2) is 4.39 Å². The Morgan fingerprint density at radius 1 is 1.45 bits per heavy atom. The van der Waals surface area contributed by atoms with Crippen LogP contribution in [0.5, 0.6) is 5.75 Å². The van der Waals surface area contributed by atoms with Gasteiger partial charge in [0.2, 0.25) is 5.91 Å². The van der Waals surface area contributed by atoms with E-state index in [4.69, 9.17) is 22.7 Å². The normalized spacial score (nSPS) is 10.2. The molecule has 0 fully saturated rings. The molecule has 110 valence electrons. The molecular formula is C14H19FN2O2S. The summed E-state index contributed by atoms with van der Waals surface area (Å²) >= 11 is 4.75. The van der Waals surface area contributed by atoms with Crippen LogP contribution in [0.4, 0.5) is 4.39 Å². The van der Waals surface area contributed by atoms with Crippen molar-refractivity contribution < 1.29 is 13.9 Å². The summed E-state index contributed by atoms with van der Waals surface area (Å²) in [6.45, 7) is 2.38. The molecule has 0 heterocycles. The number of carbonyl (C=O) groups excluding carboxylic acids is 1. The Morgan fingerprint density at radius 2 is 2.15 bits per heavy atom. The van der Waals surface area contributed by atoms with Crippen LogP contribution >= 0.6 is 12.2 Å². The highest BCUT2D eigenvalue weighted by atomic mass is 32.1. The predicted octanol–water partition coefficient (Wildman–Crippen LogP) is 2.04. The van der Waals surface area contributed by atoms with Gasteiger partial charge in [-0.1, -0.05) is 18.3 Å². The van der Waals surface area contributed by atoms with Crippen molar-refractivity contribution in [1.29, 1.82) is 0 Å². The van der Waals surface area contributed by atoms with E-state index in [0.29, 0.717) is 29.3 Å². The molecule has 0 aliphatic heterocycles. The van der Waals surface area contributed by atoms with Gasteiger partial charge in [-0.05, 0) is 18.6 Å². The standard InChI is InChI=1S/C14H19FN2O2S/c1-10-3-4-11(9-12(10)15)19-8-6-14(18)17(2)7-5-13(16)20/h3-4,9H,5-8H2,1-2H3,(H2,16,20). The fourth-order valence-corrected chi connectivity index (χ4v) is 1.60. The smallest absolute Gasteiger partial charge is 0.225 e. The molecule has 1 amide bonds. The summed E-state index contributed by atoms with van der Waals surface area (Å²) in [4.78, 5) is 13.7. The number of nitrogens with two attached hydrogens (primary N) is 1. The molecule has 6 heteroatoms. The number of rotatable bonds is 7. The van der Waals surface area contributed by atoms with E-state index in [1.54, 1.807) is 31.0 Å². The zero-order valence-corrected chi connectivity index (χ0v) is 12.5. The van der Waals surface area contributed by atoms with Gasteiger partial charge in [-0.15, -0.1) is 0 Å². The second-order valence-corrected chi connectivity index (χ2v) is 5.07. The van der Waals surface area contributed by atoms with Gasteiger partial charge in [0.1, 0.15) is 11.6 Å². The first-order valence-electron chi connectivity index (χ1n) is 6.31. The van der Waals surface area contributed by atoms with Crippen molar-refractivity contribution in [3.63, 3.8) is 0 Å². The molecule has 2 N–H and O–H groups in total. The number of halogens is 1. The van der Waals surface area contributed by atoms with Crippen molar-refractivity contribution in [1.82, 2.24) is 4.90 Å². The average Bonchev–Trinajstić information content (AvgIpc) is 2.39. The van der Waals surface area contributed by atoms with E-state index in [2.05, 4.69) is 0 Å². The second-order valence-electron chi connectivity index (χ2n) is 4.54. The first-order valence-corrected chi connectivity index (χ1v) is 6.72. The third kappa shape index (κ3) is 5.52. The SMILES string of the molecule is Cc1ccc(OCCC(=O)N(C)CCC(N)=S)cc1F. The first-order chi connectivity index (χ1) is 9.40. The quantitative estimate of drug-likeness (QED) is 0.783. The van der Waals surface area contributed by atoms with Crippen LogP contribution in [0, 0.1) is 12.7 Å². The Balaban J connectivity index is 2.34. The lowest BCUT2D eigenvalue weighted by molar-refractivity contribution is -0.130. The third-order valence-corrected chi connectivity index (χ3v) is 3.05. The second kappa shape index (κ2) is 7.79. The Labute approximate surface area is 123 Å². The maximum absolute atomic E-state index is 13.3. The van der Waals surface area contributed by atoms with Gasteiger partial charge in [-0.3, -0.25) is 4.79 Å². The number of ether oxygens (including phenoxy) is 1. The number of hydrogen-bond acceptors (Lipinski definition) is 3. The molecule has 20 heavy (non-hydrogen) atoms. The molecule has 4 nitrogen and oxygen atoms in total. The fourth-order valence-electron chi connectivity index (χ4n) is 1.51. The van der Waals surface area contributed by atoms with E-state index in [1.807, 2.05) is 0 Å². The third-order valence-electron chi connectivity index (χ3n) is 2.85. The predicted molar refractivity (Wildman–Crippen MR) is 80.3 cm³/mol. The van der Waals surface area contributed by atoms with Crippen LogP contribution in [-0.4, -0.2) is 36.0 Å². The zero-order chi connectivity index (χ0) is 15.1. The average molecular weight is 298 g/mol. The van der Waals surface area contributed by atoms with Crippen LogP contribution in [0.2, 0.25) is 0 Å².